The third kappa shape index (κ3) is 2.13. The van der Waals surface area contributed by atoms with E-state index in [1.807, 2.05) is 0 Å². The smallest absolute Gasteiger partial charge is 0.0836 e. The molecule has 4 aliphatic rings. The van der Waals surface area contributed by atoms with Gasteiger partial charge in [-0.3, -0.25) is 0 Å². The van der Waals surface area contributed by atoms with Crippen molar-refractivity contribution >= 4 is 0 Å². The van der Waals surface area contributed by atoms with E-state index in [9.17, 15) is 15.3 Å². The van der Waals surface area contributed by atoms with Crippen molar-refractivity contribution in [3.05, 3.63) is 0 Å². The Morgan fingerprint density at radius 2 is 1.46 bits per heavy atom. The van der Waals surface area contributed by atoms with Crippen LogP contribution in [0.3, 0.4) is 0 Å². The van der Waals surface area contributed by atoms with Crippen molar-refractivity contribution in [1.82, 2.24) is 0 Å². The summed E-state index contributed by atoms with van der Waals surface area (Å²) in [6.07, 6.45) is 7.21. The Bertz CT molecular complexity index is 493. The van der Waals surface area contributed by atoms with Gasteiger partial charge in [0.05, 0.1) is 18.3 Å². The second-order valence-corrected chi connectivity index (χ2v) is 10.0. The maximum atomic E-state index is 11.1. The number of aliphatic hydroxyl groups excluding tert-OH is 3. The van der Waals surface area contributed by atoms with Crippen LogP contribution in [0.4, 0.5) is 0 Å². The topological polar surface area (TPSA) is 60.7 Å². The van der Waals surface area contributed by atoms with Gasteiger partial charge in [0.1, 0.15) is 0 Å². The highest BCUT2D eigenvalue weighted by Crippen LogP contribution is 2.67. The Hall–Kier alpha value is -0.120. The molecular formula is C21H36O3. The third-order valence-electron chi connectivity index (χ3n) is 9.41. The van der Waals surface area contributed by atoms with Gasteiger partial charge in [-0.15, -0.1) is 0 Å². The van der Waals surface area contributed by atoms with Gasteiger partial charge in [-0.1, -0.05) is 27.2 Å². The van der Waals surface area contributed by atoms with Crippen molar-refractivity contribution in [2.75, 3.05) is 0 Å². The molecule has 4 fully saturated rings. The maximum Gasteiger partial charge on any atom is 0.0836 e. The van der Waals surface area contributed by atoms with Gasteiger partial charge in [-0.2, -0.15) is 0 Å². The maximum absolute atomic E-state index is 11.1. The monoisotopic (exact) mass is 336 g/mol. The summed E-state index contributed by atoms with van der Waals surface area (Å²) >= 11 is 0. The lowest BCUT2D eigenvalue weighted by Crippen LogP contribution is -2.64. The molecule has 3 N–H and O–H groups in total. The molecule has 4 rings (SSSR count). The number of rotatable bonds is 1. The standard InChI is InChI=1S/C21H36O3/c1-4-12-5-6-14-17-15(8-10-20(12,14)2)21(3)9-7-13(22)11-16(21)18(23)19(17)24/h12-19,22-24H,4-11H2,1-3H3/t12-,13-,14-,15-,16+,17-,18+,19+,20+,21+/m0/s1. The second-order valence-electron chi connectivity index (χ2n) is 10.0. The summed E-state index contributed by atoms with van der Waals surface area (Å²) in [6.45, 7) is 7.13. The summed E-state index contributed by atoms with van der Waals surface area (Å²) in [7, 11) is 0. The molecule has 3 nitrogen and oxygen atoms in total. The van der Waals surface area contributed by atoms with Crippen LogP contribution in [-0.4, -0.2) is 33.6 Å². The molecule has 10 atom stereocenters. The lowest BCUT2D eigenvalue weighted by molar-refractivity contribution is -0.222. The van der Waals surface area contributed by atoms with Crippen LogP contribution < -0.4 is 0 Å². The van der Waals surface area contributed by atoms with Gasteiger partial charge in [0.15, 0.2) is 0 Å². The van der Waals surface area contributed by atoms with Crippen LogP contribution in [0.5, 0.6) is 0 Å². The van der Waals surface area contributed by atoms with Crippen molar-refractivity contribution in [2.24, 2.45) is 40.4 Å². The SMILES string of the molecule is CC[C@H]1CC[C@H]2[C@@H]3[C@@H](O)[C@H](O)[C@H]4C[C@@H](O)CC[C@]4(C)[C@H]3CC[C@]12C. The highest BCUT2D eigenvalue weighted by Gasteiger charge is 2.64. The van der Waals surface area contributed by atoms with Crippen molar-refractivity contribution in [3.8, 4) is 0 Å². The van der Waals surface area contributed by atoms with E-state index < -0.39 is 12.2 Å². The number of hydrogen-bond acceptors (Lipinski definition) is 3. The molecule has 0 aliphatic heterocycles. The summed E-state index contributed by atoms with van der Waals surface area (Å²) < 4.78 is 0. The minimum Gasteiger partial charge on any atom is -0.393 e. The van der Waals surface area contributed by atoms with Gasteiger partial charge < -0.3 is 15.3 Å². The van der Waals surface area contributed by atoms with Gasteiger partial charge in [-0.25, -0.2) is 0 Å². The number of aliphatic hydroxyl groups is 3. The average Bonchev–Trinajstić information content (AvgIpc) is 2.90. The minimum atomic E-state index is -0.658. The summed E-state index contributed by atoms with van der Waals surface area (Å²) in [5.74, 6) is 2.18. The zero-order valence-electron chi connectivity index (χ0n) is 15.6. The fourth-order valence-electron chi connectivity index (χ4n) is 8.02. The number of hydrogen-bond donors (Lipinski definition) is 3. The molecule has 0 aromatic rings. The molecule has 138 valence electrons. The molecule has 0 amide bonds. The normalized spacial score (nSPS) is 60.2. The minimum absolute atomic E-state index is 0.0604. The predicted molar refractivity (Wildman–Crippen MR) is 94.3 cm³/mol. The molecule has 4 saturated carbocycles. The summed E-state index contributed by atoms with van der Waals surface area (Å²) in [6, 6.07) is 0. The van der Waals surface area contributed by atoms with Gasteiger partial charge >= 0.3 is 0 Å². The average molecular weight is 337 g/mol. The Kier molecular flexibility index (Phi) is 4.10. The highest BCUT2D eigenvalue weighted by molar-refractivity contribution is 5.13. The van der Waals surface area contributed by atoms with Crippen LogP contribution in [0.25, 0.3) is 0 Å². The molecule has 24 heavy (non-hydrogen) atoms. The van der Waals surface area contributed by atoms with Gasteiger partial charge in [0, 0.05) is 0 Å². The molecule has 0 bridgehead atoms. The first kappa shape index (κ1) is 17.3. The van der Waals surface area contributed by atoms with E-state index in [0.29, 0.717) is 23.7 Å². The first-order chi connectivity index (χ1) is 11.3. The van der Waals surface area contributed by atoms with Crippen LogP contribution in [0.2, 0.25) is 0 Å². The Morgan fingerprint density at radius 1 is 0.792 bits per heavy atom. The first-order valence-corrected chi connectivity index (χ1v) is 10.4. The highest BCUT2D eigenvalue weighted by atomic mass is 16.3. The largest absolute Gasteiger partial charge is 0.393 e. The zero-order valence-corrected chi connectivity index (χ0v) is 15.6. The van der Waals surface area contributed by atoms with Gasteiger partial charge in [-0.05, 0) is 85.4 Å². The Morgan fingerprint density at radius 3 is 2.17 bits per heavy atom. The molecule has 3 heteroatoms. The molecule has 0 heterocycles. The second kappa shape index (κ2) is 5.69. The van der Waals surface area contributed by atoms with Gasteiger partial charge in [0.2, 0.25) is 0 Å². The summed E-state index contributed by atoms with van der Waals surface area (Å²) in [5.41, 5.74) is 0.447. The molecule has 0 unspecified atom stereocenters. The lowest BCUT2D eigenvalue weighted by Gasteiger charge is -2.63. The fraction of sp³-hybridized carbons (Fsp3) is 1.00. The quantitative estimate of drug-likeness (QED) is 0.688. The Balaban J connectivity index is 1.70. The van der Waals surface area contributed by atoms with Crippen molar-refractivity contribution < 1.29 is 15.3 Å². The van der Waals surface area contributed by atoms with E-state index in [4.69, 9.17) is 0 Å². The molecule has 0 spiro atoms. The fourth-order valence-corrected chi connectivity index (χ4v) is 8.02. The lowest BCUT2D eigenvalue weighted by atomic mass is 9.43. The van der Waals surface area contributed by atoms with Gasteiger partial charge in [0.25, 0.3) is 0 Å². The van der Waals surface area contributed by atoms with Crippen LogP contribution in [0, 0.1) is 40.4 Å². The molecule has 0 aromatic carbocycles. The van der Waals surface area contributed by atoms with E-state index in [-0.39, 0.29) is 23.4 Å². The third-order valence-corrected chi connectivity index (χ3v) is 9.41. The van der Waals surface area contributed by atoms with E-state index >= 15 is 0 Å². The van der Waals surface area contributed by atoms with Crippen molar-refractivity contribution in [3.63, 3.8) is 0 Å². The first-order valence-electron chi connectivity index (χ1n) is 10.4. The molecular weight excluding hydrogens is 300 g/mol. The van der Waals surface area contributed by atoms with Crippen LogP contribution >= 0.6 is 0 Å². The van der Waals surface area contributed by atoms with E-state index in [1.165, 1.54) is 32.1 Å². The van der Waals surface area contributed by atoms with Crippen molar-refractivity contribution in [1.29, 1.82) is 0 Å². The molecule has 0 radical (unpaired) electrons. The zero-order chi connectivity index (χ0) is 17.3. The molecule has 4 aliphatic carbocycles. The summed E-state index contributed by atoms with van der Waals surface area (Å²) in [4.78, 5) is 0. The van der Waals surface area contributed by atoms with E-state index in [0.717, 1.165) is 18.8 Å². The number of fused-ring (bicyclic) bond motifs is 5. The Labute approximate surface area is 146 Å². The molecule has 0 aromatic heterocycles. The molecule has 0 saturated heterocycles. The van der Waals surface area contributed by atoms with Crippen LogP contribution in [0.1, 0.15) is 72.1 Å². The van der Waals surface area contributed by atoms with Crippen LogP contribution in [-0.2, 0) is 0 Å². The van der Waals surface area contributed by atoms with Crippen LogP contribution in [0.15, 0.2) is 0 Å². The van der Waals surface area contributed by atoms with E-state index in [1.54, 1.807) is 0 Å². The van der Waals surface area contributed by atoms with Crippen molar-refractivity contribution in [2.45, 2.75) is 90.4 Å². The summed E-state index contributed by atoms with van der Waals surface area (Å²) in [5, 5.41) is 32.2. The predicted octanol–water partition coefficient (Wildman–Crippen LogP) is 3.36. The van der Waals surface area contributed by atoms with E-state index in [2.05, 4.69) is 20.8 Å².